The molecular formula is C18H17N3O5S. The van der Waals surface area contributed by atoms with E-state index in [2.05, 4.69) is 10.7 Å². The molecule has 3 amide bonds. The molecule has 0 spiro atoms. The summed E-state index contributed by atoms with van der Waals surface area (Å²) in [4.78, 5) is 35.8. The maximum atomic E-state index is 12.4. The second-order valence-corrected chi connectivity index (χ2v) is 8.08. The normalized spacial score (nSPS) is 14.6. The fraction of sp³-hybridized carbons (Fsp3) is 0.167. The summed E-state index contributed by atoms with van der Waals surface area (Å²) in [6.45, 7) is 0. The molecule has 1 aliphatic rings. The predicted molar refractivity (Wildman–Crippen MR) is 98.8 cm³/mol. The number of hydrogen-bond acceptors (Lipinski definition) is 5. The maximum absolute atomic E-state index is 12.4. The van der Waals surface area contributed by atoms with E-state index < -0.39 is 15.7 Å². The van der Waals surface area contributed by atoms with E-state index in [0.717, 1.165) is 11.3 Å². The Hall–Kier alpha value is -3.20. The Morgan fingerprint density at radius 3 is 2.44 bits per heavy atom. The molecule has 2 aromatic carbocycles. The van der Waals surface area contributed by atoms with E-state index in [1.54, 1.807) is 24.3 Å². The summed E-state index contributed by atoms with van der Waals surface area (Å²) in [7, 11) is -3.38. The zero-order valence-electron chi connectivity index (χ0n) is 14.4. The first-order valence-corrected chi connectivity index (χ1v) is 9.97. The highest BCUT2D eigenvalue weighted by atomic mass is 32.2. The van der Waals surface area contributed by atoms with E-state index in [4.69, 9.17) is 0 Å². The minimum atomic E-state index is -3.38. The molecule has 3 rings (SSSR count). The monoisotopic (exact) mass is 387 g/mol. The summed E-state index contributed by atoms with van der Waals surface area (Å²) in [6.07, 6.45) is 1.38. The molecule has 0 aliphatic carbocycles. The van der Waals surface area contributed by atoms with Crippen LogP contribution in [0, 0.1) is 0 Å². The molecule has 1 fully saturated rings. The zero-order chi connectivity index (χ0) is 19.6. The van der Waals surface area contributed by atoms with Crippen LogP contribution in [0.25, 0.3) is 0 Å². The number of nitrogens with one attached hydrogen (secondary N) is 2. The van der Waals surface area contributed by atoms with E-state index in [-0.39, 0.29) is 29.6 Å². The van der Waals surface area contributed by atoms with Crippen LogP contribution in [-0.2, 0) is 19.4 Å². The molecule has 0 radical (unpaired) electrons. The second-order valence-electron chi connectivity index (χ2n) is 6.07. The van der Waals surface area contributed by atoms with Gasteiger partial charge < -0.3 is 5.32 Å². The van der Waals surface area contributed by atoms with Gasteiger partial charge in [-0.15, -0.1) is 0 Å². The van der Waals surface area contributed by atoms with Gasteiger partial charge in [-0.25, -0.2) is 13.4 Å². The van der Waals surface area contributed by atoms with Crippen molar-refractivity contribution in [3.8, 4) is 0 Å². The van der Waals surface area contributed by atoms with Crippen molar-refractivity contribution in [2.45, 2.75) is 17.7 Å². The smallest absolute Gasteiger partial charge is 0.255 e. The number of carbonyl (C=O) groups excluding carboxylic acids is 3. The summed E-state index contributed by atoms with van der Waals surface area (Å²) in [5.41, 5.74) is 3.60. The van der Waals surface area contributed by atoms with Gasteiger partial charge in [0.05, 0.1) is 10.6 Å². The predicted octanol–water partition coefficient (Wildman–Crippen LogP) is 1.50. The Balaban J connectivity index is 1.75. The highest BCUT2D eigenvalue weighted by Crippen LogP contribution is 2.19. The van der Waals surface area contributed by atoms with Crippen molar-refractivity contribution in [1.29, 1.82) is 0 Å². The minimum absolute atomic E-state index is 0.106. The van der Waals surface area contributed by atoms with Crippen LogP contribution in [0.4, 0.5) is 11.4 Å². The number of sulfone groups is 1. The summed E-state index contributed by atoms with van der Waals surface area (Å²) >= 11 is 0. The van der Waals surface area contributed by atoms with E-state index >= 15 is 0 Å². The Labute approximate surface area is 156 Å². The number of nitrogens with zero attached hydrogens (tertiary/aromatic N) is 1. The Morgan fingerprint density at radius 1 is 1.07 bits per heavy atom. The molecule has 0 aromatic heterocycles. The first-order valence-electron chi connectivity index (χ1n) is 8.08. The SMILES string of the molecule is CS(=O)(=O)c1cccc(NC(=O)c2ccc(N3NC(=O)CCC3=O)cc2)c1. The van der Waals surface area contributed by atoms with Crippen LogP contribution < -0.4 is 15.8 Å². The quantitative estimate of drug-likeness (QED) is 0.826. The summed E-state index contributed by atoms with van der Waals surface area (Å²) in [5.74, 6) is -0.909. The lowest BCUT2D eigenvalue weighted by atomic mass is 10.1. The van der Waals surface area contributed by atoms with E-state index in [1.165, 1.54) is 24.3 Å². The molecule has 9 heteroatoms. The Bertz CT molecular complexity index is 1020. The van der Waals surface area contributed by atoms with Crippen LogP contribution in [0.15, 0.2) is 53.4 Å². The lowest BCUT2D eigenvalue weighted by Gasteiger charge is -2.27. The van der Waals surface area contributed by atoms with Crippen molar-refractivity contribution < 1.29 is 22.8 Å². The highest BCUT2D eigenvalue weighted by molar-refractivity contribution is 7.90. The second kappa shape index (κ2) is 7.20. The van der Waals surface area contributed by atoms with E-state index in [0.29, 0.717) is 16.9 Å². The molecule has 0 unspecified atom stereocenters. The van der Waals surface area contributed by atoms with Gasteiger partial charge in [-0.05, 0) is 42.5 Å². The van der Waals surface area contributed by atoms with Crippen LogP contribution >= 0.6 is 0 Å². The standard InChI is InChI=1S/C18H17N3O5S/c1-27(25,26)15-4-2-3-13(11-15)19-18(24)12-5-7-14(8-6-12)21-17(23)10-9-16(22)20-21/h2-8,11H,9-10H2,1H3,(H,19,24)(H,20,22). The van der Waals surface area contributed by atoms with Gasteiger partial charge in [0, 0.05) is 30.3 Å². The number of hydrogen-bond donors (Lipinski definition) is 2. The molecule has 1 aliphatic heterocycles. The number of hydrazine groups is 1. The van der Waals surface area contributed by atoms with Gasteiger partial charge in [-0.1, -0.05) is 6.07 Å². The molecule has 1 heterocycles. The average molecular weight is 387 g/mol. The van der Waals surface area contributed by atoms with Crippen LogP contribution in [-0.4, -0.2) is 32.4 Å². The van der Waals surface area contributed by atoms with Gasteiger partial charge in [0.25, 0.3) is 5.91 Å². The van der Waals surface area contributed by atoms with Gasteiger partial charge in [0.15, 0.2) is 9.84 Å². The fourth-order valence-corrected chi connectivity index (χ4v) is 3.22. The number of amides is 3. The van der Waals surface area contributed by atoms with Crippen molar-refractivity contribution in [2.75, 3.05) is 16.6 Å². The maximum Gasteiger partial charge on any atom is 0.255 e. The molecule has 1 saturated heterocycles. The lowest BCUT2D eigenvalue weighted by molar-refractivity contribution is -0.130. The third kappa shape index (κ3) is 4.32. The van der Waals surface area contributed by atoms with Crippen molar-refractivity contribution >= 4 is 38.9 Å². The minimum Gasteiger partial charge on any atom is -0.322 e. The van der Waals surface area contributed by atoms with Crippen LogP contribution in [0.1, 0.15) is 23.2 Å². The average Bonchev–Trinajstić information content (AvgIpc) is 2.63. The topological polar surface area (TPSA) is 113 Å². The molecule has 2 N–H and O–H groups in total. The molecule has 0 bridgehead atoms. The van der Waals surface area contributed by atoms with E-state index in [9.17, 15) is 22.8 Å². The van der Waals surface area contributed by atoms with Gasteiger partial charge >= 0.3 is 0 Å². The van der Waals surface area contributed by atoms with Crippen LogP contribution in [0.5, 0.6) is 0 Å². The summed E-state index contributed by atoms with van der Waals surface area (Å²) in [5, 5.41) is 3.79. The number of benzene rings is 2. The molecule has 0 atom stereocenters. The van der Waals surface area contributed by atoms with Crippen molar-refractivity contribution in [3.63, 3.8) is 0 Å². The third-order valence-corrected chi connectivity index (χ3v) is 5.07. The first-order chi connectivity index (χ1) is 12.7. The van der Waals surface area contributed by atoms with Gasteiger partial charge in [-0.2, -0.15) is 0 Å². The largest absolute Gasteiger partial charge is 0.322 e. The number of carbonyl (C=O) groups is 3. The summed E-state index contributed by atoms with van der Waals surface area (Å²) < 4.78 is 23.2. The Morgan fingerprint density at radius 2 is 1.78 bits per heavy atom. The summed E-state index contributed by atoms with van der Waals surface area (Å²) in [6, 6.07) is 12.1. The molecule has 27 heavy (non-hydrogen) atoms. The van der Waals surface area contributed by atoms with Crippen LogP contribution in [0.3, 0.4) is 0 Å². The van der Waals surface area contributed by atoms with E-state index in [1.807, 2.05) is 0 Å². The van der Waals surface area contributed by atoms with Crippen molar-refractivity contribution in [3.05, 3.63) is 54.1 Å². The lowest BCUT2D eigenvalue weighted by Crippen LogP contribution is -2.50. The third-order valence-electron chi connectivity index (χ3n) is 3.96. The molecule has 0 saturated carbocycles. The molecule has 8 nitrogen and oxygen atoms in total. The van der Waals surface area contributed by atoms with Gasteiger partial charge in [0.1, 0.15) is 0 Å². The van der Waals surface area contributed by atoms with Crippen molar-refractivity contribution in [1.82, 2.24) is 5.43 Å². The van der Waals surface area contributed by atoms with Crippen molar-refractivity contribution in [2.24, 2.45) is 0 Å². The number of rotatable bonds is 4. The van der Waals surface area contributed by atoms with Gasteiger partial charge in [-0.3, -0.25) is 19.8 Å². The van der Waals surface area contributed by atoms with Crippen LogP contribution in [0.2, 0.25) is 0 Å². The van der Waals surface area contributed by atoms with Gasteiger partial charge in [0.2, 0.25) is 11.8 Å². The first kappa shape index (κ1) is 18.6. The molecular weight excluding hydrogens is 370 g/mol. The number of anilines is 2. The Kier molecular flexibility index (Phi) is 4.95. The molecule has 2 aromatic rings. The fourth-order valence-electron chi connectivity index (χ4n) is 2.55. The highest BCUT2D eigenvalue weighted by Gasteiger charge is 2.24. The zero-order valence-corrected chi connectivity index (χ0v) is 15.2. The molecule has 140 valence electrons.